The van der Waals surface area contributed by atoms with Crippen molar-refractivity contribution >= 4 is 28.1 Å². The largest absolute Gasteiger partial charge is 0.441 e. The maximum atomic E-state index is 11.8. The van der Waals surface area contributed by atoms with Crippen LogP contribution in [0.4, 0.5) is 13.2 Å². The minimum absolute atomic E-state index is 0.181. The molecule has 0 radical (unpaired) electrons. The van der Waals surface area contributed by atoms with Gasteiger partial charge in [0.15, 0.2) is 12.0 Å². The Morgan fingerprint density at radius 3 is 2.56 bits per heavy atom. The Morgan fingerprint density at radius 2 is 2.06 bits per heavy atom. The second-order valence-corrected chi connectivity index (χ2v) is 5.82. The summed E-state index contributed by atoms with van der Waals surface area (Å²) in [6.45, 7) is -0.399. The van der Waals surface area contributed by atoms with Crippen LogP contribution in [0.1, 0.15) is 10.6 Å². The monoisotopic (exact) mass is 303 g/mol. The van der Waals surface area contributed by atoms with E-state index in [9.17, 15) is 26.4 Å². The van der Waals surface area contributed by atoms with Gasteiger partial charge in [-0.15, -0.1) is 0 Å². The van der Waals surface area contributed by atoms with E-state index in [-0.39, 0.29) is 17.5 Å². The molecule has 0 aliphatic heterocycles. The van der Waals surface area contributed by atoms with Crippen molar-refractivity contribution in [2.45, 2.75) is 10.6 Å². The first-order chi connectivity index (χ1) is 8.24. The van der Waals surface area contributed by atoms with Gasteiger partial charge in [0.2, 0.25) is 5.09 Å². The Balaban J connectivity index is 2.53. The fourth-order valence-electron chi connectivity index (χ4n) is 0.956. The predicted octanol–water partition coefficient (Wildman–Crippen LogP) is 1.62. The molecule has 1 rings (SSSR count). The van der Waals surface area contributed by atoms with Crippen LogP contribution in [-0.4, -0.2) is 32.5 Å². The average Bonchev–Trinajstić information content (AvgIpc) is 2.72. The first kappa shape index (κ1) is 15.1. The van der Waals surface area contributed by atoms with Gasteiger partial charge in [-0.25, -0.2) is 13.1 Å². The van der Waals surface area contributed by atoms with Crippen LogP contribution in [0.3, 0.4) is 0 Å². The third-order valence-electron chi connectivity index (χ3n) is 1.64. The van der Waals surface area contributed by atoms with Crippen molar-refractivity contribution in [3.05, 3.63) is 17.9 Å². The molecule has 0 unspecified atom stereocenters. The standard InChI is InChI=1S/C8H8F3NO4S2/c9-8(10,11)17-4-3-12-18(14,15)7-2-1-6(5-13)16-7/h1-2,5,12H,3-4H2. The Bertz CT molecular complexity index is 509. The minimum Gasteiger partial charge on any atom is -0.440 e. The highest BCUT2D eigenvalue weighted by Crippen LogP contribution is 2.29. The van der Waals surface area contributed by atoms with E-state index >= 15 is 0 Å². The number of rotatable bonds is 6. The molecule has 0 spiro atoms. The van der Waals surface area contributed by atoms with Crippen LogP contribution in [0.2, 0.25) is 0 Å². The molecule has 5 nitrogen and oxygen atoms in total. The zero-order chi connectivity index (χ0) is 13.8. The van der Waals surface area contributed by atoms with Crippen molar-refractivity contribution < 1.29 is 30.8 Å². The van der Waals surface area contributed by atoms with Crippen molar-refractivity contribution in [3.8, 4) is 0 Å². The molecule has 1 N–H and O–H groups in total. The molecule has 0 fully saturated rings. The van der Waals surface area contributed by atoms with Gasteiger partial charge in [0, 0.05) is 12.3 Å². The average molecular weight is 303 g/mol. The highest BCUT2D eigenvalue weighted by Gasteiger charge is 2.28. The Morgan fingerprint density at radius 1 is 1.39 bits per heavy atom. The summed E-state index contributed by atoms with van der Waals surface area (Å²) in [5, 5.41) is -0.512. The quantitative estimate of drug-likeness (QED) is 0.638. The molecule has 10 heteroatoms. The molecule has 18 heavy (non-hydrogen) atoms. The molecule has 1 aromatic heterocycles. The Hall–Kier alpha value is -1.00. The van der Waals surface area contributed by atoms with Crippen LogP contribution in [-0.2, 0) is 10.0 Å². The van der Waals surface area contributed by atoms with Crippen molar-refractivity contribution in [2.24, 2.45) is 0 Å². The van der Waals surface area contributed by atoms with Gasteiger partial charge in [-0.2, -0.15) is 13.2 Å². The summed E-state index contributed by atoms with van der Waals surface area (Å²) in [6.07, 6.45) is 0.318. The number of halogens is 3. The number of aldehydes is 1. The number of furan rings is 1. The topological polar surface area (TPSA) is 76.4 Å². The second-order valence-electron chi connectivity index (χ2n) is 2.97. The molecule has 0 bridgehead atoms. The summed E-state index contributed by atoms with van der Waals surface area (Å²) in [5.41, 5.74) is -4.40. The molecule has 1 aromatic rings. The lowest BCUT2D eigenvalue weighted by molar-refractivity contribution is -0.0327. The Kier molecular flexibility index (Phi) is 4.82. The van der Waals surface area contributed by atoms with Crippen molar-refractivity contribution in [1.29, 1.82) is 0 Å². The summed E-state index contributed by atoms with van der Waals surface area (Å²) < 4.78 is 64.9. The lowest BCUT2D eigenvalue weighted by Gasteiger charge is -2.06. The number of alkyl halides is 3. The van der Waals surface area contributed by atoms with E-state index in [4.69, 9.17) is 0 Å². The SMILES string of the molecule is O=Cc1ccc(S(=O)(=O)NCCSC(F)(F)F)o1. The summed E-state index contributed by atoms with van der Waals surface area (Å²) in [4.78, 5) is 10.3. The number of sulfonamides is 1. The number of carbonyl (C=O) groups is 1. The molecular formula is C8H8F3NO4S2. The van der Waals surface area contributed by atoms with Gasteiger partial charge < -0.3 is 4.42 Å². The number of hydrogen-bond donors (Lipinski definition) is 1. The third kappa shape index (κ3) is 4.70. The fraction of sp³-hybridized carbons (Fsp3) is 0.375. The molecule has 102 valence electrons. The normalized spacial score (nSPS) is 12.6. The fourth-order valence-corrected chi connectivity index (χ4v) is 2.49. The minimum atomic E-state index is -4.40. The van der Waals surface area contributed by atoms with Crippen LogP contribution in [0.15, 0.2) is 21.6 Å². The van der Waals surface area contributed by atoms with Gasteiger partial charge in [0.25, 0.3) is 10.0 Å². The third-order valence-corrected chi connectivity index (χ3v) is 3.71. The molecule has 0 aliphatic rings. The molecule has 0 saturated heterocycles. The highest BCUT2D eigenvalue weighted by molar-refractivity contribution is 8.00. The van der Waals surface area contributed by atoms with E-state index in [2.05, 4.69) is 4.42 Å². The number of thioether (sulfide) groups is 1. The zero-order valence-corrected chi connectivity index (χ0v) is 10.4. The summed E-state index contributed by atoms with van der Waals surface area (Å²) in [7, 11) is -4.02. The number of hydrogen-bond acceptors (Lipinski definition) is 5. The Labute approximate surface area is 105 Å². The molecule has 0 aromatic carbocycles. The van der Waals surface area contributed by atoms with Crippen molar-refractivity contribution in [3.63, 3.8) is 0 Å². The maximum Gasteiger partial charge on any atom is 0.441 e. The van der Waals surface area contributed by atoms with Crippen LogP contribution >= 0.6 is 11.8 Å². The first-order valence-corrected chi connectivity index (χ1v) is 6.97. The van der Waals surface area contributed by atoms with E-state index in [1.807, 2.05) is 4.72 Å². The van der Waals surface area contributed by atoms with Crippen molar-refractivity contribution in [2.75, 3.05) is 12.3 Å². The van der Waals surface area contributed by atoms with E-state index in [0.717, 1.165) is 12.1 Å². The van der Waals surface area contributed by atoms with Crippen LogP contribution in [0.25, 0.3) is 0 Å². The van der Waals surface area contributed by atoms with E-state index < -0.39 is 32.9 Å². The van der Waals surface area contributed by atoms with E-state index in [0.29, 0.717) is 6.29 Å². The van der Waals surface area contributed by atoms with Crippen LogP contribution in [0, 0.1) is 0 Å². The molecular weight excluding hydrogens is 295 g/mol. The summed E-state index contributed by atoms with van der Waals surface area (Å²) >= 11 is -0.335. The molecule has 0 amide bonds. The summed E-state index contributed by atoms with van der Waals surface area (Å²) in [5.74, 6) is -0.635. The molecule has 0 atom stereocenters. The van der Waals surface area contributed by atoms with E-state index in [1.54, 1.807) is 0 Å². The lowest BCUT2D eigenvalue weighted by atomic mass is 10.5. The molecule has 0 saturated carbocycles. The van der Waals surface area contributed by atoms with Gasteiger partial charge in [-0.05, 0) is 23.9 Å². The van der Waals surface area contributed by atoms with Gasteiger partial charge in [0.1, 0.15) is 0 Å². The van der Waals surface area contributed by atoms with E-state index in [1.165, 1.54) is 0 Å². The van der Waals surface area contributed by atoms with Crippen molar-refractivity contribution in [1.82, 2.24) is 4.72 Å². The van der Waals surface area contributed by atoms with Gasteiger partial charge in [-0.3, -0.25) is 4.79 Å². The predicted molar refractivity (Wildman–Crippen MR) is 57.8 cm³/mol. The maximum absolute atomic E-state index is 11.8. The van der Waals surface area contributed by atoms with Gasteiger partial charge in [-0.1, -0.05) is 0 Å². The van der Waals surface area contributed by atoms with Gasteiger partial charge >= 0.3 is 5.51 Å². The lowest BCUT2D eigenvalue weighted by Crippen LogP contribution is -2.26. The highest BCUT2D eigenvalue weighted by atomic mass is 32.2. The second kappa shape index (κ2) is 5.76. The molecule has 1 heterocycles. The molecule has 0 aliphatic carbocycles. The zero-order valence-electron chi connectivity index (χ0n) is 8.73. The van der Waals surface area contributed by atoms with Crippen LogP contribution in [0.5, 0.6) is 0 Å². The number of carbonyl (C=O) groups excluding carboxylic acids is 1. The first-order valence-electron chi connectivity index (χ1n) is 4.50. The van der Waals surface area contributed by atoms with Crippen LogP contribution < -0.4 is 4.72 Å². The number of nitrogens with one attached hydrogen (secondary N) is 1. The smallest absolute Gasteiger partial charge is 0.440 e. The summed E-state index contributed by atoms with van der Waals surface area (Å²) in [6, 6.07) is 2.19. The van der Waals surface area contributed by atoms with Gasteiger partial charge in [0.05, 0.1) is 0 Å².